The topological polar surface area (TPSA) is 15.3 Å². The lowest BCUT2D eigenvalue weighted by atomic mass is 10.2. The van der Waals surface area contributed by atoms with Gasteiger partial charge in [-0.25, -0.2) is 0 Å². The van der Waals surface area contributed by atoms with Gasteiger partial charge in [0.25, 0.3) is 0 Å². The van der Waals surface area contributed by atoms with Crippen LogP contribution in [0, 0.1) is 0 Å². The number of halogens is 2. The van der Waals surface area contributed by atoms with Crippen LogP contribution >= 0.6 is 46.8 Å². The molecule has 0 aliphatic carbocycles. The Hall–Kier alpha value is -0.810. The molecule has 0 amide bonds. The lowest BCUT2D eigenvalue weighted by molar-refractivity contribution is 0.412. The highest BCUT2D eigenvalue weighted by Gasteiger charge is 2.28. The smallest absolute Gasteiger partial charge is 0.174 e. The summed E-state index contributed by atoms with van der Waals surface area (Å²) in [5.41, 5.74) is 0.794. The Kier molecular flexibility index (Phi) is 4.69. The first-order valence-corrected chi connectivity index (χ1v) is 8.75. The molecule has 1 saturated heterocycles. The lowest BCUT2D eigenvalue weighted by Crippen LogP contribution is -2.34. The van der Waals surface area contributed by atoms with Crippen LogP contribution in [-0.4, -0.2) is 16.6 Å². The highest BCUT2D eigenvalue weighted by molar-refractivity contribution is 7.80. The maximum Gasteiger partial charge on any atom is 0.174 e. The number of hydrogen-bond donors (Lipinski definition) is 1. The molecule has 2 heterocycles. The molecule has 0 radical (unpaired) electrons. The van der Waals surface area contributed by atoms with E-state index in [1.54, 1.807) is 23.5 Å². The van der Waals surface area contributed by atoms with Crippen LogP contribution in [0.15, 0.2) is 35.7 Å². The lowest BCUT2D eigenvalue weighted by Gasteiger charge is -2.27. The third-order valence-electron chi connectivity index (χ3n) is 3.56. The third kappa shape index (κ3) is 3.34. The Morgan fingerprint density at radius 1 is 1.33 bits per heavy atom. The van der Waals surface area contributed by atoms with Crippen LogP contribution in [0.3, 0.4) is 0 Å². The van der Waals surface area contributed by atoms with Crippen molar-refractivity contribution < 1.29 is 0 Å². The van der Waals surface area contributed by atoms with Gasteiger partial charge in [-0.2, -0.15) is 0 Å². The van der Waals surface area contributed by atoms with Crippen molar-refractivity contribution in [3.63, 3.8) is 0 Å². The highest BCUT2D eigenvalue weighted by atomic mass is 35.5. The van der Waals surface area contributed by atoms with Gasteiger partial charge in [0.15, 0.2) is 5.11 Å². The van der Waals surface area contributed by atoms with E-state index in [1.807, 2.05) is 6.07 Å². The van der Waals surface area contributed by atoms with E-state index >= 15 is 0 Å². The van der Waals surface area contributed by atoms with E-state index in [9.17, 15) is 0 Å². The molecule has 0 bridgehead atoms. The minimum absolute atomic E-state index is 0.371. The van der Waals surface area contributed by atoms with Crippen LogP contribution in [0.4, 0.5) is 5.69 Å². The van der Waals surface area contributed by atoms with Gasteiger partial charge in [-0.1, -0.05) is 29.3 Å². The van der Waals surface area contributed by atoms with E-state index in [0.717, 1.165) is 30.2 Å². The van der Waals surface area contributed by atoms with E-state index < -0.39 is 0 Å². The SMILES string of the molecule is S=C(Nc1ccc(Cl)cc1Cl)N1CCC[C@@H]1c1cccs1. The van der Waals surface area contributed by atoms with Gasteiger partial charge in [-0.3, -0.25) is 0 Å². The molecule has 2 nitrogen and oxygen atoms in total. The predicted octanol–water partition coefficient (Wildman–Crippen LogP) is 5.59. The molecule has 0 spiro atoms. The zero-order chi connectivity index (χ0) is 14.8. The molecule has 1 fully saturated rings. The number of thiophene rings is 1. The molecule has 2 aromatic rings. The molecule has 6 heteroatoms. The summed E-state index contributed by atoms with van der Waals surface area (Å²) in [6.45, 7) is 0.972. The Labute approximate surface area is 143 Å². The molecule has 1 aromatic carbocycles. The van der Waals surface area contributed by atoms with Crippen molar-refractivity contribution >= 4 is 57.6 Å². The van der Waals surface area contributed by atoms with Crippen molar-refractivity contribution in [1.29, 1.82) is 0 Å². The van der Waals surface area contributed by atoms with Crippen molar-refractivity contribution in [2.75, 3.05) is 11.9 Å². The monoisotopic (exact) mass is 356 g/mol. The summed E-state index contributed by atoms with van der Waals surface area (Å²) in [5.74, 6) is 0. The maximum atomic E-state index is 6.19. The highest BCUT2D eigenvalue weighted by Crippen LogP contribution is 2.35. The number of nitrogens with zero attached hydrogens (tertiary/aromatic N) is 1. The average Bonchev–Trinajstić information content (AvgIpc) is 3.10. The van der Waals surface area contributed by atoms with Crippen LogP contribution in [0.25, 0.3) is 0 Å². The largest absolute Gasteiger partial charge is 0.341 e. The molecular weight excluding hydrogens is 343 g/mol. The first kappa shape index (κ1) is 15.1. The molecule has 110 valence electrons. The Morgan fingerprint density at radius 3 is 2.90 bits per heavy atom. The van der Waals surface area contributed by atoms with Gasteiger partial charge >= 0.3 is 0 Å². The van der Waals surface area contributed by atoms with Gasteiger partial charge in [-0.15, -0.1) is 11.3 Å². The van der Waals surface area contributed by atoms with Gasteiger partial charge in [0.1, 0.15) is 0 Å². The number of benzene rings is 1. The first-order chi connectivity index (χ1) is 10.1. The van der Waals surface area contributed by atoms with E-state index in [2.05, 4.69) is 27.7 Å². The van der Waals surface area contributed by atoms with E-state index in [1.165, 1.54) is 4.88 Å². The second kappa shape index (κ2) is 6.53. The summed E-state index contributed by atoms with van der Waals surface area (Å²) in [5, 5.41) is 7.27. The molecule has 1 aliphatic rings. The van der Waals surface area contributed by atoms with Crippen molar-refractivity contribution in [2.45, 2.75) is 18.9 Å². The number of nitrogens with one attached hydrogen (secondary N) is 1. The van der Waals surface area contributed by atoms with Crippen LogP contribution in [0.5, 0.6) is 0 Å². The van der Waals surface area contributed by atoms with E-state index in [0.29, 0.717) is 16.1 Å². The molecular formula is C15H14Cl2N2S2. The zero-order valence-electron chi connectivity index (χ0n) is 11.2. The van der Waals surface area contributed by atoms with Crippen LogP contribution in [0.2, 0.25) is 10.0 Å². The maximum absolute atomic E-state index is 6.19. The van der Waals surface area contributed by atoms with Crippen molar-refractivity contribution in [2.24, 2.45) is 0 Å². The summed E-state index contributed by atoms with van der Waals surface area (Å²) < 4.78 is 0. The van der Waals surface area contributed by atoms with Gasteiger partial charge in [0.2, 0.25) is 0 Å². The second-order valence-corrected chi connectivity index (χ2v) is 7.13. The fourth-order valence-corrected chi connectivity index (χ4v) is 4.22. The molecule has 0 unspecified atom stereocenters. The molecule has 1 aliphatic heterocycles. The molecule has 3 rings (SSSR count). The van der Waals surface area contributed by atoms with Crippen molar-refractivity contribution in [3.8, 4) is 0 Å². The molecule has 1 atom stereocenters. The third-order valence-corrected chi connectivity index (χ3v) is 5.42. The Bertz CT molecular complexity index is 643. The Balaban J connectivity index is 1.75. The normalized spacial score (nSPS) is 18.0. The summed E-state index contributed by atoms with van der Waals surface area (Å²) in [6, 6.07) is 10.0. The standard InChI is InChI=1S/C15H14Cl2N2S2/c16-10-5-6-12(11(17)9-10)18-15(20)19-7-1-3-13(19)14-4-2-8-21-14/h2,4-6,8-9,13H,1,3,7H2,(H,18,20)/t13-/m1/s1. The molecule has 1 aromatic heterocycles. The number of likely N-dealkylation sites (tertiary alicyclic amines) is 1. The van der Waals surface area contributed by atoms with Gasteiger partial charge < -0.3 is 10.2 Å². The first-order valence-electron chi connectivity index (χ1n) is 6.71. The van der Waals surface area contributed by atoms with Crippen LogP contribution in [-0.2, 0) is 0 Å². The quantitative estimate of drug-likeness (QED) is 0.706. The van der Waals surface area contributed by atoms with Gasteiger partial charge in [0.05, 0.1) is 16.8 Å². The van der Waals surface area contributed by atoms with Crippen molar-refractivity contribution in [1.82, 2.24) is 4.90 Å². The average molecular weight is 357 g/mol. The summed E-state index contributed by atoms with van der Waals surface area (Å²) in [7, 11) is 0. The fourth-order valence-electron chi connectivity index (χ4n) is 2.56. The number of rotatable bonds is 2. The minimum atomic E-state index is 0.371. The summed E-state index contributed by atoms with van der Waals surface area (Å²) in [6.07, 6.45) is 2.29. The molecule has 21 heavy (non-hydrogen) atoms. The predicted molar refractivity (Wildman–Crippen MR) is 95.7 cm³/mol. The number of anilines is 1. The van der Waals surface area contributed by atoms with Crippen LogP contribution < -0.4 is 5.32 Å². The van der Waals surface area contributed by atoms with E-state index in [4.69, 9.17) is 35.4 Å². The minimum Gasteiger partial charge on any atom is -0.341 e. The van der Waals surface area contributed by atoms with Crippen molar-refractivity contribution in [3.05, 3.63) is 50.6 Å². The number of thiocarbonyl (C=S) groups is 1. The second-order valence-electron chi connectivity index (χ2n) is 4.92. The van der Waals surface area contributed by atoms with Gasteiger partial charge in [0, 0.05) is 16.4 Å². The zero-order valence-corrected chi connectivity index (χ0v) is 14.3. The fraction of sp³-hybridized carbons (Fsp3) is 0.267. The Morgan fingerprint density at radius 2 is 2.19 bits per heavy atom. The van der Waals surface area contributed by atoms with Crippen LogP contribution in [0.1, 0.15) is 23.8 Å². The molecule has 1 N–H and O–H groups in total. The molecule has 0 saturated carbocycles. The summed E-state index contributed by atoms with van der Waals surface area (Å²) >= 11 is 19.5. The summed E-state index contributed by atoms with van der Waals surface area (Å²) in [4.78, 5) is 3.60. The van der Waals surface area contributed by atoms with Gasteiger partial charge in [-0.05, 0) is 54.7 Å². The van der Waals surface area contributed by atoms with E-state index in [-0.39, 0.29) is 0 Å². The number of hydrogen-bond acceptors (Lipinski definition) is 2.